The number of ketones is 1. The highest BCUT2D eigenvalue weighted by atomic mass is 16.6. The minimum atomic E-state index is -1.09. The highest BCUT2D eigenvalue weighted by molar-refractivity contribution is 6.45. The number of imide groups is 1. The molecule has 0 saturated heterocycles. The van der Waals surface area contributed by atoms with Crippen molar-refractivity contribution in [2.45, 2.75) is 0 Å². The van der Waals surface area contributed by atoms with Gasteiger partial charge in [-0.1, -0.05) is 18.2 Å². The molecule has 0 bridgehead atoms. The van der Waals surface area contributed by atoms with E-state index in [0.29, 0.717) is 0 Å². The van der Waals surface area contributed by atoms with E-state index < -0.39 is 22.5 Å². The van der Waals surface area contributed by atoms with Gasteiger partial charge in [0.25, 0.3) is 23.3 Å². The number of carbonyl (C=O) groups excluding carboxylic acids is 3. The molecule has 2 aromatic carbocycles. The van der Waals surface area contributed by atoms with E-state index in [1.165, 1.54) is 12.1 Å². The summed E-state index contributed by atoms with van der Waals surface area (Å²) in [7, 11) is 0. The quantitative estimate of drug-likeness (QED) is 0.400. The molecule has 0 aromatic heterocycles. The molecule has 0 fully saturated rings. The fourth-order valence-electron chi connectivity index (χ4n) is 1.69. The molecule has 7 nitrogen and oxygen atoms in total. The maximum Gasteiger partial charge on any atom is 0.299 e. The monoisotopic (exact) mass is 298 g/mol. The van der Waals surface area contributed by atoms with Gasteiger partial charge < -0.3 is 0 Å². The molecule has 22 heavy (non-hydrogen) atoms. The summed E-state index contributed by atoms with van der Waals surface area (Å²) in [5.74, 6) is -2.73. The molecule has 1 N–H and O–H groups in total. The molecule has 0 aliphatic heterocycles. The van der Waals surface area contributed by atoms with E-state index in [0.717, 1.165) is 24.3 Å². The number of non-ortho nitro benzene ring substituents is 1. The molecule has 0 aliphatic carbocycles. The molecule has 7 heteroatoms. The molecule has 0 spiro atoms. The Hall–Kier alpha value is -3.35. The normalized spacial score (nSPS) is 9.82. The van der Waals surface area contributed by atoms with E-state index in [1.807, 2.05) is 5.32 Å². The van der Waals surface area contributed by atoms with Crippen LogP contribution in [0.5, 0.6) is 0 Å². The van der Waals surface area contributed by atoms with Gasteiger partial charge in [-0.05, 0) is 24.3 Å². The molecule has 2 aromatic rings. The number of amides is 2. The lowest BCUT2D eigenvalue weighted by Crippen LogP contribution is -2.36. The first kappa shape index (κ1) is 15.0. The molecular formula is C15H10N2O5. The Kier molecular flexibility index (Phi) is 4.38. The largest absolute Gasteiger partial charge is 0.299 e. The Morgan fingerprint density at radius 2 is 1.45 bits per heavy atom. The second kappa shape index (κ2) is 6.40. The smallest absolute Gasteiger partial charge is 0.285 e. The van der Waals surface area contributed by atoms with Gasteiger partial charge in [0.1, 0.15) is 0 Å². The number of nitro groups is 1. The SMILES string of the molecule is O=C(NC(=O)c1ccccc1)C(=O)c1ccc([N+](=O)[O-])cc1. The van der Waals surface area contributed by atoms with Crippen LogP contribution in [-0.4, -0.2) is 22.5 Å². The zero-order valence-electron chi connectivity index (χ0n) is 11.2. The van der Waals surface area contributed by atoms with Gasteiger partial charge in [0.15, 0.2) is 0 Å². The number of nitrogens with one attached hydrogen (secondary N) is 1. The molecular weight excluding hydrogens is 288 g/mol. The zero-order chi connectivity index (χ0) is 16.1. The Balaban J connectivity index is 2.07. The zero-order valence-corrected chi connectivity index (χ0v) is 11.2. The van der Waals surface area contributed by atoms with Crippen molar-refractivity contribution in [3.8, 4) is 0 Å². The van der Waals surface area contributed by atoms with Gasteiger partial charge in [0.2, 0.25) is 0 Å². The van der Waals surface area contributed by atoms with Crippen LogP contribution < -0.4 is 5.32 Å². The standard InChI is InChI=1S/C15H10N2O5/c18-13(10-6-8-12(9-7-10)17(21)22)15(20)16-14(19)11-4-2-1-3-5-11/h1-9H,(H,16,19,20). The van der Waals surface area contributed by atoms with Crippen molar-refractivity contribution in [1.82, 2.24) is 5.32 Å². The summed E-state index contributed by atoms with van der Waals surface area (Å²) >= 11 is 0. The second-order valence-corrected chi connectivity index (χ2v) is 4.28. The van der Waals surface area contributed by atoms with Crippen LogP contribution in [0.2, 0.25) is 0 Å². The minimum Gasteiger partial charge on any atom is -0.285 e. The van der Waals surface area contributed by atoms with Crippen molar-refractivity contribution in [1.29, 1.82) is 0 Å². The van der Waals surface area contributed by atoms with Gasteiger partial charge in [-0.3, -0.25) is 29.8 Å². The van der Waals surface area contributed by atoms with Gasteiger partial charge in [-0.15, -0.1) is 0 Å². The van der Waals surface area contributed by atoms with Crippen molar-refractivity contribution < 1.29 is 19.3 Å². The molecule has 2 amide bonds. The van der Waals surface area contributed by atoms with Crippen LogP contribution in [0.4, 0.5) is 5.69 Å². The molecule has 110 valence electrons. The molecule has 0 unspecified atom stereocenters. The summed E-state index contributed by atoms with van der Waals surface area (Å²) in [4.78, 5) is 45.2. The van der Waals surface area contributed by atoms with Gasteiger partial charge in [-0.2, -0.15) is 0 Å². The van der Waals surface area contributed by atoms with Crippen molar-refractivity contribution >= 4 is 23.3 Å². The van der Waals surface area contributed by atoms with Gasteiger partial charge in [-0.25, -0.2) is 0 Å². The lowest BCUT2D eigenvalue weighted by Gasteiger charge is -2.03. The van der Waals surface area contributed by atoms with Crippen molar-refractivity contribution in [3.63, 3.8) is 0 Å². The summed E-state index contributed by atoms with van der Waals surface area (Å²) < 4.78 is 0. The van der Waals surface area contributed by atoms with Gasteiger partial charge >= 0.3 is 0 Å². The lowest BCUT2D eigenvalue weighted by atomic mass is 10.1. The first-order chi connectivity index (χ1) is 10.5. The number of hydrogen-bond donors (Lipinski definition) is 1. The van der Waals surface area contributed by atoms with E-state index in [-0.39, 0.29) is 16.8 Å². The van der Waals surface area contributed by atoms with Crippen LogP contribution in [0.1, 0.15) is 20.7 Å². The third-order valence-corrected chi connectivity index (χ3v) is 2.81. The number of nitrogens with zero attached hydrogens (tertiary/aromatic N) is 1. The highest BCUT2D eigenvalue weighted by Crippen LogP contribution is 2.12. The van der Waals surface area contributed by atoms with E-state index >= 15 is 0 Å². The molecule has 0 aliphatic rings. The summed E-state index contributed by atoms with van der Waals surface area (Å²) in [6.07, 6.45) is 0. The Bertz CT molecular complexity index is 738. The summed E-state index contributed by atoms with van der Waals surface area (Å²) in [6, 6.07) is 12.5. The fourth-order valence-corrected chi connectivity index (χ4v) is 1.69. The third kappa shape index (κ3) is 3.40. The van der Waals surface area contributed by atoms with Crippen LogP contribution in [0.3, 0.4) is 0 Å². The minimum absolute atomic E-state index is 0.0380. The van der Waals surface area contributed by atoms with Gasteiger partial charge in [0, 0.05) is 23.3 Å². The molecule has 0 saturated carbocycles. The van der Waals surface area contributed by atoms with Crippen LogP contribution in [0, 0.1) is 10.1 Å². The van der Waals surface area contributed by atoms with E-state index in [2.05, 4.69) is 0 Å². The average molecular weight is 298 g/mol. The third-order valence-electron chi connectivity index (χ3n) is 2.81. The Morgan fingerprint density at radius 3 is 2.00 bits per heavy atom. The van der Waals surface area contributed by atoms with E-state index in [9.17, 15) is 24.5 Å². The summed E-state index contributed by atoms with van der Waals surface area (Å²) in [5, 5.41) is 12.5. The molecule has 0 heterocycles. The first-order valence-corrected chi connectivity index (χ1v) is 6.18. The average Bonchev–Trinajstić information content (AvgIpc) is 2.55. The van der Waals surface area contributed by atoms with Crippen LogP contribution in [-0.2, 0) is 4.79 Å². The topological polar surface area (TPSA) is 106 Å². The molecule has 0 radical (unpaired) electrons. The van der Waals surface area contributed by atoms with E-state index in [4.69, 9.17) is 0 Å². The fraction of sp³-hybridized carbons (Fsp3) is 0. The summed E-state index contributed by atoms with van der Waals surface area (Å²) in [6.45, 7) is 0. The number of nitro benzene ring substituents is 1. The Labute approximate surface area is 124 Å². The maximum absolute atomic E-state index is 11.9. The predicted molar refractivity (Wildman–Crippen MR) is 76.3 cm³/mol. The second-order valence-electron chi connectivity index (χ2n) is 4.28. The van der Waals surface area contributed by atoms with Gasteiger partial charge in [0.05, 0.1) is 4.92 Å². The number of hydrogen-bond acceptors (Lipinski definition) is 5. The van der Waals surface area contributed by atoms with E-state index in [1.54, 1.807) is 18.2 Å². The highest BCUT2D eigenvalue weighted by Gasteiger charge is 2.20. The van der Waals surface area contributed by atoms with Crippen LogP contribution in [0.25, 0.3) is 0 Å². The number of benzene rings is 2. The maximum atomic E-state index is 11.9. The van der Waals surface area contributed by atoms with Crippen LogP contribution in [0.15, 0.2) is 54.6 Å². The summed E-state index contributed by atoms with van der Waals surface area (Å²) in [5.41, 5.74) is 0.00799. The predicted octanol–water partition coefficient (Wildman–Crippen LogP) is 1.73. The number of rotatable bonds is 4. The lowest BCUT2D eigenvalue weighted by molar-refractivity contribution is -0.384. The number of carbonyl (C=O) groups is 3. The van der Waals surface area contributed by atoms with Crippen molar-refractivity contribution in [2.75, 3.05) is 0 Å². The van der Waals surface area contributed by atoms with Crippen molar-refractivity contribution in [2.24, 2.45) is 0 Å². The molecule has 0 atom stereocenters. The Morgan fingerprint density at radius 1 is 0.864 bits per heavy atom. The van der Waals surface area contributed by atoms with Crippen molar-refractivity contribution in [3.05, 3.63) is 75.8 Å². The number of Topliss-reactive ketones (excluding diaryl/α,β-unsaturated/α-hetero) is 1. The van der Waals surface area contributed by atoms with Crippen LogP contribution >= 0.6 is 0 Å². The first-order valence-electron chi connectivity index (χ1n) is 6.18. The molecule has 2 rings (SSSR count).